The van der Waals surface area contributed by atoms with Crippen LogP contribution in [0, 0.1) is 11.8 Å². The van der Waals surface area contributed by atoms with E-state index in [4.69, 9.17) is 9.47 Å². The molecule has 2 aromatic carbocycles. The number of methoxy groups -OCH3 is 1. The molecule has 6 nitrogen and oxygen atoms in total. The second-order valence-corrected chi connectivity index (χ2v) is 9.00. The molecule has 4 atom stereocenters. The minimum absolute atomic E-state index is 0.0380. The summed E-state index contributed by atoms with van der Waals surface area (Å²) in [6, 6.07) is 13.2. The molecule has 7 heteroatoms. The van der Waals surface area contributed by atoms with Crippen LogP contribution in [0.1, 0.15) is 23.2 Å². The van der Waals surface area contributed by atoms with Gasteiger partial charge in [-0.25, -0.2) is 4.98 Å². The lowest BCUT2D eigenvalue weighted by Crippen LogP contribution is -2.42. The Morgan fingerprint density at radius 3 is 2.70 bits per heavy atom. The van der Waals surface area contributed by atoms with Gasteiger partial charge in [0.05, 0.1) is 28.9 Å². The van der Waals surface area contributed by atoms with Crippen molar-refractivity contribution in [3.05, 3.63) is 53.5 Å². The predicted octanol–water partition coefficient (Wildman–Crippen LogP) is 3.60. The van der Waals surface area contributed by atoms with Crippen LogP contribution < -0.4 is 9.47 Å². The lowest BCUT2D eigenvalue weighted by molar-refractivity contribution is -0.0240. The molecule has 30 heavy (non-hydrogen) atoms. The first-order valence-corrected chi connectivity index (χ1v) is 11.1. The highest BCUT2D eigenvalue weighted by atomic mass is 32.1. The predicted molar refractivity (Wildman–Crippen MR) is 115 cm³/mol. The summed E-state index contributed by atoms with van der Waals surface area (Å²) in [5.41, 5.74) is 3.34. The largest absolute Gasteiger partial charge is 0.493 e. The maximum atomic E-state index is 13.1. The van der Waals surface area contributed by atoms with Gasteiger partial charge in [-0.1, -0.05) is 12.1 Å². The van der Waals surface area contributed by atoms with Gasteiger partial charge in [0.2, 0.25) is 0 Å². The smallest absolute Gasteiger partial charge is 0.253 e. The maximum absolute atomic E-state index is 13.1. The van der Waals surface area contributed by atoms with Crippen molar-refractivity contribution in [2.45, 2.75) is 25.0 Å². The number of rotatable bonds is 4. The third-order valence-electron chi connectivity index (χ3n) is 6.30. The van der Waals surface area contributed by atoms with Gasteiger partial charge in [-0.15, -0.1) is 11.3 Å². The van der Waals surface area contributed by atoms with Gasteiger partial charge < -0.3 is 19.5 Å². The summed E-state index contributed by atoms with van der Waals surface area (Å²) in [6.45, 7) is 1.37. The number of aliphatic hydroxyl groups is 1. The number of hydrogen-bond acceptors (Lipinski definition) is 6. The summed E-state index contributed by atoms with van der Waals surface area (Å²) in [5, 5.41) is 10.7. The van der Waals surface area contributed by atoms with Crippen molar-refractivity contribution in [2.24, 2.45) is 11.8 Å². The van der Waals surface area contributed by atoms with E-state index >= 15 is 0 Å². The van der Waals surface area contributed by atoms with Crippen molar-refractivity contribution in [2.75, 3.05) is 20.2 Å². The molecule has 0 radical (unpaired) electrons. The van der Waals surface area contributed by atoms with Crippen LogP contribution in [-0.4, -0.2) is 53.3 Å². The van der Waals surface area contributed by atoms with Gasteiger partial charge in [0, 0.05) is 18.7 Å². The number of carbonyl (C=O) groups is 1. The topological polar surface area (TPSA) is 71.9 Å². The van der Waals surface area contributed by atoms with Crippen molar-refractivity contribution >= 4 is 27.5 Å². The number of hydrogen-bond donors (Lipinski definition) is 1. The molecule has 1 saturated carbocycles. The van der Waals surface area contributed by atoms with Gasteiger partial charge in [-0.05, 0) is 55.0 Å². The number of nitrogens with zero attached hydrogens (tertiary/aromatic N) is 2. The molecule has 2 aliphatic rings. The fourth-order valence-corrected chi connectivity index (χ4v) is 5.39. The van der Waals surface area contributed by atoms with Crippen molar-refractivity contribution < 1.29 is 19.4 Å². The van der Waals surface area contributed by atoms with Crippen molar-refractivity contribution in [1.29, 1.82) is 0 Å². The number of likely N-dealkylation sites (tertiary alicyclic amines) is 1. The van der Waals surface area contributed by atoms with Gasteiger partial charge >= 0.3 is 0 Å². The molecule has 1 amide bonds. The number of benzene rings is 2. The number of thiazole rings is 1. The minimum atomic E-state index is -0.558. The Morgan fingerprint density at radius 2 is 1.90 bits per heavy atom. The van der Waals surface area contributed by atoms with E-state index in [0.29, 0.717) is 48.4 Å². The van der Waals surface area contributed by atoms with E-state index in [1.54, 1.807) is 24.0 Å². The standard InChI is InChI=1S/C23H24N2O4S/c1-28-19-4-2-3-5-20(19)29-21-10-16-12-25(11-15(16)9-18(21)26)23(27)14-6-7-22-17(8-14)24-13-30-22/h2-8,13,15-16,18,21,26H,9-12H2,1H3/t15-,16+,18+,21+/m0/s1. The van der Waals surface area contributed by atoms with Gasteiger partial charge in [-0.2, -0.15) is 0 Å². The molecule has 1 saturated heterocycles. The van der Waals surface area contributed by atoms with Crippen molar-refractivity contribution in [3.63, 3.8) is 0 Å². The Labute approximate surface area is 179 Å². The fraction of sp³-hybridized carbons (Fsp3) is 0.391. The summed E-state index contributed by atoms with van der Waals surface area (Å²) in [6.07, 6.45) is 0.500. The van der Waals surface area contributed by atoms with Crippen molar-refractivity contribution in [1.82, 2.24) is 9.88 Å². The third kappa shape index (κ3) is 3.52. The molecule has 5 rings (SSSR count). The summed E-state index contributed by atoms with van der Waals surface area (Å²) in [5.74, 6) is 1.96. The quantitative estimate of drug-likeness (QED) is 0.693. The molecule has 2 heterocycles. The Morgan fingerprint density at radius 1 is 1.13 bits per heavy atom. The molecule has 0 spiro atoms. The summed E-state index contributed by atoms with van der Waals surface area (Å²) in [4.78, 5) is 19.3. The second-order valence-electron chi connectivity index (χ2n) is 8.11. The van der Waals surface area contributed by atoms with Crippen LogP contribution in [0.2, 0.25) is 0 Å². The number of amides is 1. The van der Waals surface area contributed by atoms with Gasteiger partial charge in [-0.3, -0.25) is 4.79 Å². The van der Waals surface area contributed by atoms with Crippen LogP contribution in [0.4, 0.5) is 0 Å². The Hall–Kier alpha value is -2.64. The highest BCUT2D eigenvalue weighted by molar-refractivity contribution is 7.16. The number of fused-ring (bicyclic) bond motifs is 2. The number of carbonyl (C=O) groups excluding carboxylic acids is 1. The highest BCUT2D eigenvalue weighted by Crippen LogP contribution is 2.39. The van der Waals surface area contributed by atoms with E-state index in [9.17, 15) is 9.90 Å². The van der Waals surface area contributed by atoms with Crippen LogP contribution >= 0.6 is 11.3 Å². The minimum Gasteiger partial charge on any atom is -0.493 e. The lowest BCUT2D eigenvalue weighted by atomic mass is 9.78. The highest BCUT2D eigenvalue weighted by Gasteiger charge is 2.44. The van der Waals surface area contributed by atoms with Gasteiger partial charge in [0.1, 0.15) is 6.10 Å². The molecule has 1 aliphatic heterocycles. The SMILES string of the molecule is COc1ccccc1O[C@@H]1C[C@@H]2CN(C(=O)c3ccc4scnc4c3)C[C@@H]2C[C@H]1O. The van der Waals surface area contributed by atoms with E-state index in [2.05, 4.69) is 4.98 Å². The van der Waals surface area contributed by atoms with Crippen molar-refractivity contribution in [3.8, 4) is 11.5 Å². The number of para-hydroxylation sites is 2. The first-order chi connectivity index (χ1) is 14.6. The number of aromatic nitrogens is 1. The van der Waals surface area contributed by atoms with E-state index in [-0.39, 0.29) is 12.0 Å². The summed E-state index contributed by atoms with van der Waals surface area (Å²) >= 11 is 1.57. The molecule has 0 bridgehead atoms. The van der Waals surface area contributed by atoms with Crippen LogP contribution in [-0.2, 0) is 0 Å². The lowest BCUT2D eigenvalue weighted by Gasteiger charge is -2.35. The molecular formula is C23H24N2O4S. The number of aliphatic hydroxyl groups excluding tert-OH is 1. The van der Waals surface area contributed by atoms with Crippen LogP contribution in [0.3, 0.4) is 0 Å². The molecule has 1 N–H and O–H groups in total. The zero-order chi connectivity index (χ0) is 20.7. The van der Waals surface area contributed by atoms with E-state index in [0.717, 1.165) is 16.6 Å². The third-order valence-corrected chi connectivity index (χ3v) is 7.11. The summed E-state index contributed by atoms with van der Waals surface area (Å²) in [7, 11) is 1.61. The average Bonchev–Trinajstić information content (AvgIpc) is 3.39. The Kier molecular flexibility index (Phi) is 5.08. The van der Waals surface area contributed by atoms with Crippen LogP contribution in [0.25, 0.3) is 10.2 Å². The van der Waals surface area contributed by atoms with E-state index < -0.39 is 6.10 Å². The molecular weight excluding hydrogens is 400 g/mol. The zero-order valence-corrected chi connectivity index (χ0v) is 17.5. The zero-order valence-electron chi connectivity index (χ0n) is 16.7. The monoisotopic (exact) mass is 424 g/mol. The normalized spacial score (nSPS) is 25.9. The molecule has 1 aliphatic carbocycles. The molecule has 156 valence electrons. The maximum Gasteiger partial charge on any atom is 0.253 e. The molecule has 0 unspecified atom stereocenters. The molecule has 2 fully saturated rings. The van der Waals surface area contributed by atoms with Crippen LogP contribution in [0.15, 0.2) is 48.0 Å². The summed E-state index contributed by atoms with van der Waals surface area (Å²) < 4.78 is 12.6. The first kappa shape index (κ1) is 19.3. The van der Waals surface area contributed by atoms with E-state index in [1.807, 2.05) is 47.4 Å². The van der Waals surface area contributed by atoms with Gasteiger partial charge in [0.15, 0.2) is 11.5 Å². The Balaban J connectivity index is 1.28. The second kappa shape index (κ2) is 7.89. The van der Waals surface area contributed by atoms with Gasteiger partial charge in [0.25, 0.3) is 5.91 Å². The molecule has 1 aromatic heterocycles. The Bertz CT molecular complexity index is 1070. The molecule has 3 aromatic rings. The van der Waals surface area contributed by atoms with E-state index in [1.165, 1.54) is 0 Å². The first-order valence-electron chi connectivity index (χ1n) is 10.2. The van der Waals surface area contributed by atoms with Crippen LogP contribution in [0.5, 0.6) is 11.5 Å². The number of ether oxygens (including phenoxy) is 2. The fourth-order valence-electron chi connectivity index (χ4n) is 4.74. The average molecular weight is 425 g/mol.